The average Bonchev–Trinajstić information content (AvgIpc) is 2.47. The molecule has 0 heterocycles. The van der Waals surface area contributed by atoms with Crippen LogP contribution >= 0.6 is 0 Å². The third kappa shape index (κ3) is 3.33. The average molecular weight is 247 g/mol. The van der Waals surface area contributed by atoms with E-state index in [2.05, 4.69) is 12.2 Å². The van der Waals surface area contributed by atoms with Crippen molar-refractivity contribution in [1.82, 2.24) is 5.32 Å². The molecule has 100 valence electrons. The molecule has 1 aliphatic carbocycles. The first kappa shape index (κ1) is 13.6. The molecule has 2 nitrogen and oxygen atoms in total. The Morgan fingerprint density at radius 2 is 1.83 bits per heavy atom. The summed E-state index contributed by atoms with van der Waals surface area (Å²) in [5.41, 5.74) is 0.300. The van der Waals surface area contributed by atoms with Crippen molar-refractivity contribution in [1.29, 1.82) is 0 Å². The van der Waals surface area contributed by atoms with Gasteiger partial charge >= 0.3 is 0 Å². The quantitative estimate of drug-likeness (QED) is 0.837. The van der Waals surface area contributed by atoms with E-state index in [1.54, 1.807) is 0 Å². The van der Waals surface area contributed by atoms with Crippen LogP contribution in [0.2, 0.25) is 0 Å². The van der Waals surface area contributed by atoms with Gasteiger partial charge in [-0.05, 0) is 24.8 Å². The van der Waals surface area contributed by atoms with E-state index >= 15 is 0 Å². The molecule has 0 aliphatic heterocycles. The second-order valence-corrected chi connectivity index (χ2v) is 5.47. The number of nitrogens with one attached hydrogen (secondary N) is 1. The van der Waals surface area contributed by atoms with Gasteiger partial charge in [-0.1, -0.05) is 56.5 Å². The maximum atomic E-state index is 10.8. The minimum Gasteiger partial charge on any atom is -0.384 e. The Morgan fingerprint density at radius 3 is 2.44 bits per heavy atom. The SMILES string of the molecule is CCC(O)(CNC1CCCCC1)c1ccccc1. The minimum atomic E-state index is -0.724. The molecule has 18 heavy (non-hydrogen) atoms. The number of aliphatic hydroxyl groups is 1. The highest BCUT2D eigenvalue weighted by Crippen LogP contribution is 2.25. The zero-order chi connectivity index (χ0) is 12.8. The second-order valence-electron chi connectivity index (χ2n) is 5.47. The Morgan fingerprint density at radius 1 is 1.17 bits per heavy atom. The highest BCUT2D eigenvalue weighted by Gasteiger charge is 2.27. The predicted octanol–water partition coefficient (Wildman–Crippen LogP) is 3.21. The zero-order valence-corrected chi connectivity index (χ0v) is 11.4. The van der Waals surface area contributed by atoms with Crippen molar-refractivity contribution in [3.05, 3.63) is 35.9 Å². The van der Waals surface area contributed by atoms with Gasteiger partial charge in [-0.2, -0.15) is 0 Å². The minimum absolute atomic E-state index is 0.598. The van der Waals surface area contributed by atoms with Gasteiger partial charge in [0.15, 0.2) is 0 Å². The lowest BCUT2D eigenvalue weighted by molar-refractivity contribution is 0.0285. The second kappa shape index (κ2) is 6.35. The van der Waals surface area contributed by atoms with Crippen LogP contribution in [0.15, 0.2) is 30.3 Å². The monoisotopic (exact) mass is 247 g/mol. The van der Waals surface area contributed by atoms with Crippen LogP contribution in [0.1, 0.15) is 51.0 Å². The summed E-state index contributed by atoms with van der Waals surface area (Å²) >= 11 is 0. The van der Waals surface area contributed by atoms with Crippen LogP contribution in [0.5, 0.6) is 0 Å². The molecule has 0 saturated heterocycles. The smallest absolute Gasteiger partial charge is 0.102 e. The third-order valence-corrected chi connectivity index (χ3v) is 4.18. The normalized spacial score (nSPS) is 20.6. The topological polar surface area (TPSA) is 32.3 Å². The Bertz CT molecular complexity index is 345. The van der Waals surface area contributed by atoms with E-state index in [0.29, 0.717) is 12.6 Å². The van der Waals surface area contributed by atoms with Crippen LogP contribution < -0.4 is 5.32 Å². The standard InChI is InChI=1S/C16H25NO/c1-2-16(18,14-9-5-3-6-10-14)13-17-15-11-7-4-8-12-15/h3,5-6,9-10,15,17-18H,2,4,7-8,11-13H2,1H3. The zero-order valence-electron chi connectivity index (χ0n) is 11.4. The Labute approximate surface area is 110 Å². The maximum absolute atomic E-state index is 10.8. The van der Waals surface area contributed by atoms with Gasteiger partial charge in [0.1, 0.15) is 5.60 Å². The van der Waals surface area contributed by atoms with Crippen LogP contribution in [-0.4, -0.2) is 17.7 Å². The fourth-order valence-corrected chi connectivity index (χ4v) is 2.80. The van der Waals surface area contributed by atoms with E-state index in [1.807, 2.05) is 30.3 Å². The summed E-state index contributed by atoms with van der Waals surface area (Å²) in [6, 6.07) is 10.6. The van der Waals surface area contributed by atoms with E-state index < -0.39 is 5.60 Å². The highest BCUT2D eigenvalue weighted by molar-refractivity contribution is 5.22. The molecule has 0 spiro atoms. The van der Waals surface area contributed by atoms with Crippen LogP contribution in [-0.2, 0) is 5.60 Å². The van der Waals surface area contributed by atoms with Crippen molar-refractivity contribution in [3.8, 4) is 0 Å². The lowest BCUT2D eigenvalue weighted by Crippen LogP contribution is -2.43. The lowest BCUT2D eigenvalue weighted by atomic mass is 9.89. The highest BCUT2D eigenvalue weighted by atomic mass is 16.3. The van der Waals surface area contributed by atoms with Gasteiger partial charge in [0.2, 0.25) is 0 Å². The van der Waals surface area contributed by atoms with Crippen molar-refractivity contribution in [3.63, 3.8) is 0 Å². The molecule has 1 unspecified atom stereocenters. The van der Waals surface area contributed by atoms with Gasteiger partial charge in [-0.25, -0.2) is 0 Å². The van der Waals surface area contributed by atoms with Crippen molar-refractivity contribution >= 4 is 0 Å². The number of benzene rings is 1. The van der Waals surface area contributed by atoms with Gasteiger partial charge in [0.05, 0.1) is 0 Å². The molecule has 0 radical (unpaired) electrons. The molecule has 1 aromatic carbocycles. The summed E-state index contributed by atoms with van der Waals surface area (Å²) in [5.74, 6) is 0. The molecule has 1 saturated carbocycles. The molecule has 2 rings (SSSR count). The van der Waals surface area contributed by atoms with Gasteiger partial charge in [-0.3, -0.25) is 0 Å². The number of hydrogen-bond acceptors (Lipinski definition) is 2. The summed E-state index contributed by atoms with van der Waals surface area (Å²) in [6.07, 6.45) is 7.29. The molecule has 0 aromatic heterocycles. The Balaban J connectivity index is 1.95. The molecule has 0 amide bonds. The van der Waals surface area contributed by atoms with Gasteiger partial charge in [-0.15, -0.1) is 0 Å². The van der Waals surface area contributed by atoms with Crippen molar-refractivity contribution < 1.29 is 5.11 Å². The van der Waals surface area contributed by atoms with E-state index in [9.17, 15) is 5.11 Å². The van der Waals surface area contributed by atoms with Crippen LogP contribution in [0.25, 0.3) is 0 Å². The summed E-state index contributed by atoms with van der Waals surface area (Å²) < 4.78 is 0. The molecule has 2 heteroatoms. The molecule has 1 atom stereocenters. The first-order chi connectivity index (χ1) is 8.74. The molecular formula is C16H25NO. The van der Waals surface area contributed by atoms with Crippen molar-refractivity contribution in [2.75, 3.05) is 6.54 Å². The fraction of sp³-hybridized carbons (Fsp3) is 0.625. The van der Waals surface area contributed by atoms with Crippen LogP contribution in [0.4, 0.5) is 0 Å². The fourth-order valence-electron chi connectivity index (χ4n) is 2.80. The summed E-state index contributed by atoms with van der Waals surface area (Å²) in [4.78, 5) is 0. The summed E-state index contributed by atoms with van der Waals surface area (Å²) in [7, 11) is 0. The van der Waals surface area contributed by atoms with E-state index in [4.69, 9.17) is 0 Å². The van der Waals surface area contributed by atoms with Crippen molar-refractivity contribution in [2.45, 2.75) is 57.1 Å². The first-order valence-electron chi connectivity index (χ1n) is 7.26. The maximum Gasteiger partial charge on any atom is 0.102 e. The molecular weight excluding hydrogens is 222 g/mol. The van der Waals surface area contributed by atoms with Crippen LogP contribution in [0, 0.1) is 0 Å². The van der Waals surface area contributed by atoms with Gasteiger partial charge < -0.3 is 10.4 Å². The van der Waals surface area contributed by atoms with Crippen molar-refractivity contribution in [2.24, 2.45) is 0 Å². The first-order valence-corrected chi connectivity index (χ1v) is 7.26. The van der Waals surface area contributed by atoms with E-state index in [1.165, 1.54) is 32.1 Å². The van der Waals surface area contributed by atoms with E-state index in [-0.39, 0.29) is 0 Å². The molecule has 1 aliphatic rings. The molecule has 0 bridgehead atoms. The Hall–Kier alpha value is -0.860. The van der Waals surface area contributed by atoms with E-state index in [0.717, 1.165) is 12.0 Å². The predicted molar refractivity (Wildman–Crippen MR) is 75.5 cm³/mol. The van der Waals surface area contributed by atoms with Gasteiger partial charge in [0.25, 0.3) is 0 Å². The van der Waals surface area contributed by atoms with Gasteiger partial charge in [0, 0.05) is 12.6 Å². The number of rotatable bonds is 5. The molecule has 1 aromatic rings. The lowest BCUT2D eigenvalue weighted by Gasteiger charge is -2.31. The molecule has 1 fully saturated rings. The summed E-state index contributed by atoms with van der Waals surface area (Å²) in [6.45, 7) is 2.72. The largest absolute Gasteiger partial charge is 0.384 e. The number of hydrogen-bond donors (Lipinski definition) is 2. The summed E-state index contributed by atoms with van der Waals surface area (Å²) in [5, 5.41) is 14.3. The molecule has 2 N–H and O–H groups in total. The third-order valence-electron chi connectivity index (χ3n) is 4.18. The van der Waals surface area contributed by atoms with Crippen LogP contribution in [0.3, 0.4) is 0 Å². The Kier molecular flexibility index (Phi) is 4.79.